The van der Waals surface area contributed by atoms with E-state index in [1.54, 1.807) is 6.92 Å². The molecule has 0 aliphatic carbocycles. The van der Waals surface area contributed by atoms with Gasteiger partial charge >= 0.3 is 6.18 Å². The summed E-state index contributed by atoms with van der Waals surface area (Å²) in [5.41, 5.74) is 0.704. The van der Waals surface area contributed by atoms with Gasteiger partial charge in [-0.2, -0.15) is 18.4 Å². The number of nitriles is 1. The van der Waals surface area contributed by atoms with Crippen LogP contribution in [0.2, 0.25) is 0 Å². The lowest BCUT2D eigenvalue weighted by Crippen LogP contribution is -2.20. The molecule has 0 bridgehead atoms. The Hall–Kier alpha value is -1.77. The highest BCUT2D eigenvalue weighted by Gasteiger charge is 2.36. The number of alkyl halides is 3. The first-order valence-electron chi connectivity index (χ1n) is 5.51. The topological polar surface area (TPSA) is 44.1 Å². The lowest BCUT2D eigenvalue weighted by atomic mass is 10.2. The SMILES string of the molecule is C/C(=C(C#N)\C=C/C(=O)C(F)(F)F)N1CCCC1. The van der Waals surface area contributed by atoms with Crippen molar-refractivity contribution in [2.75, 3.05) is 13.1 Å². The van der Waals surface area contributed by atoms with Gasteiger partial charge in [-0.3, -0.25) is 4.79 Å². The normalized spacial score (nSPS) is 17.8. The van der Waals surface area contributed by atoms with Gasteiger partial charge in [-0.05, 0) is 31.9 Å². The van der Waals surface area contributed by atoms with E-state index in [1.165, 1.54) is 0 Å². The van der Waals surface area contributed by atoms with Crippen molar-refractivity contribution in [1.29, 1.82) is 5.26 Å². The summed E-state index contributed by atoms with van der Waals surface area (Å²) in [5.74, 6) is -1.95. The molecule has 1 heterocycles. The first kappa shape index (κ1) is 14.3. The maximum atomic E-state index is 12.0. The second-order valence-corrected chi connectivity index (χ2v) is 4.00. The van der Waals surface area contributed by atoms with Crippen LogP contribution in [0.1, 0.15) is 19.8 Å². The number of likely N-dealkylation sites (tertiary alicyclic amines) is 1. The van der Waals surface area contributed by atoms with Crippen LogP contribution in [0.15, 0.2) is 23.4 Å². The summed E-state index contributed by atoms with van der Waals surface area (Å²) in [7, 11) is 0. The minimum atomic E-state index is -4.89. The van der Waals surface area contributed by atoms with Crippen molar-refractivity contribution in [1.82, 2.24) is 4.90 Å². The molecule has 3 nitrogen and oxygen atoms in total. The Morgan fingerprint density at radius 2 is 1.83 bits per heavy atom. The molecule has 0 spiro atoms. The highest BCUT2D eigenvalue weighted by atomic mass is 19.4. The smallest absolute Gasteiger partial charge is 0.374 e. The fourth-order valence-corrected chi connectivity index (χ4v) is 1.72. The van der Waals surface area contributed by atoms with Gasteiger partial charge < -0.3 is 4.90 Å². The number of ketones is 1. The number of allylic oxidation sites excluding steroid dienone is 4. The number of carbonyl (C=O) groups excluding carboxylic acids is 1. The summed E-state index contributed by atoms with van der Waals surface area (Å²) in [6.45, 7) is 3.25. The first-order valence-corrected chi connectivity index (χ1v) is 5.51. The monoisotopic (exact) mass is 258 g/mol. The third-order valence-electron chi connectivity index (χ3n) is 2.77. The first-order chi connectivity index (χ1) is 8.36. The largest absolute Gasteiger partial charge is 0.454 e. The van der Waals surface area contributed by atoms with Crippen molar-refractivity contribution in [2.45, 2.75) is 25.9 Å². The Kier molecular flexibility index (Phi) is 4.54. The molecule has 1 rings (SSSR count). The quantitative estimate of drug-likeness (QED) is 0.444. The van der Waals surface area contributed by atoms with E-state index in [4.69, 9.17) is 5.26 Å². The average Bonchev–Trinajstić information content (AvgIpc) is 2.81. The van der Waals surface area contributed by atoms with Crippen LogP contribution in [0.25, 0.3) is 0 Å². The summed E-state index contributed by atoms with van der Waals surface area (Å²) < 4.78 is 36.0. The lowest BCUT2D eigenvalue weighted by Gasteiger charge is -2.18. The molecule has 0 aromatic heterocycles. The molecule has 0 N–H and O–H groups in total. The van der Waals surface area contributed by atoms with Gasteiger partial charge in [-0.15, -0.1) is 0 Å². The highest BCUT2D eigenvalue weighted by molar-refractivity contribution is 5.94. The molecule has 0 aromatic rings. The number of carbonyl (C=O) groups is 1. The Morgan fingerprint density at radius 1 is 1.28 bits per heavy atom. The molecule has 1 aliphatic heterocycles. The molecule has 1 saturated heterocycles. The highest BCUT2D eigenvalue weighted by Crippen LogP contribution is 2.19. The molecular weight excluding hydrogens is 245 g/mol. The van der Waals surface area contributed by atoms with E-state index >= 15 is 0 Å². The number of rotatable bonds is 3. The van der Waals surface area contributed by atoms with Crippen LogP contribution in [0.3, 0.4) is 0 Å². The molecule has 6 heteroatoms. The Bertz CT molecular complexity index is 424. The van der Waals surface area contributed by atoms with E-state index < -0.39 is 12.0 Å². The van der Waals surface area contributed by atoms with Crippen LogP contribution < -0.4 is 0 Å². The molecule has 0 aromatic carbocycles. The summed E-state index contributed by atoms with van der Waals surface area (Å²) in [5, 5.41) is 8.89. The van der Waals surface area contributed by atoms with Crippen LogP contribution >= 0.6 is 0 Å². The van der Waals surface area contributed by atoms with Crippen LogP contribution in [-0.2, 0) is 4.79 Å². The third kappa shape index (κ3) is 3.62. The molecule has 0 saturated carbocycles. The number of hydrogen-bond donors (Lipinski definition) is 0. The molecule has 0 unspecified atom stereocenters. The van der Waals surface area contributed by atoms with Crippen LogP contribution in [0.5, 0.6) is 0 Å². The molecule has 0 amide bonds. The predicted molar refractivity (Wildman–Crippen MR) is 59.3 cm³/mol. The minimum absolute atomic E-state index is 0.0921. The van der Waals surface area contributed by atoms with Crippen molar-refractivity contribution >= 4 is 5.78 Å². The van der Waals surface area contributed by atoms with Gasteiger partial charge in [0.15, 0.2) is 0 Å². The van der Waals surface area contributed by atoms with E-state index in [1.807, 2.05) is 11.0 Å². The minimum Gasteiger partial charge on any atom is -0.374 e. The number of hydrogen-bond acceptors (Lipinski definition) is 3. The van der Waals surface area contributed by atoms with Crippen molar-refractivity contribution in [2.24, 2.45) is 0 Å². The standard InChI is InChI=1S/C12H13F3N2O/c1-9(17-6-2-3-7-17)10(8-16)4-5-11(18)12(13,14)15/h4-5H,2-3,6-7H2,1H3/b5-4-,10-9-. The van der Waals surface area contributed by atoms with Gasteiger partial charge in [0, 0.05) is 18.8 Å². The summed E-state index contributed by atoms with van der Waals surface area (Å²) in [4.78, 5) is 12.6. The van der Waals surface area contributed by atoms with Crippen LogP contribution in [0, 0.1) is 11.3 Å². The molecule has 1 aliphatic rings. The van der Waals surface area contributed by atoms with Crippen molar-refractivity contribution < 1.29 is 18.0 Å². The second kappa shape index (κ2) is 5.71. The van der Waals surface area contributed by atoms with Gasteiger partial charge in [0.2, 0.25) is 0 Å². The zero-order valence-corrected chi connectivity index (χ0v) is 9.92. The predicted octanol–water partition coefficient (Wildman–Crippen LogP) is 2.57. The van der Waals surface area contributed by atoms with Crippen LogP contribution in [-0.4, -0.2) is 29.9 Å². The maximum absolute atomic E-state index is 12.0. The summed E-state index contributed by atoms with van der Waals surface area (Å²) >= 11 is 0. The molecule has 1 fully saturated rings. The average molecular weight is 258 g/mol. The second-order valence-electron chi connectivity index (χ2n) is 4.00. The summed E-state index contributed by atoms with van der Waals surface area (Å²) in [6.07, 6.45) is -1.55. The van der Waals surface area contributed by atoms with Crippen molar-refractivity contribution in [3.63, 3.8) is 0 Å². The van der Waals surface area contributed by atoms with E-state index in [2.05, 4.69) is 0 Å². The van der Waals surface area contributed by atoms with E-state index in [0.717, 1.165) is 32.0 Å². The van der Waals surface area contributed by atoms with E-state index in [9.17, 15) is 18.0 Å². The lowest BCUT2D eigenvalue weighted by molar-refractivity contribution is -0.165. The van der Waals surface area contributed by atoms with Crippen molar-refractivity contribution in [3.05, 3.63) is 23.4 Å². The molecular formula is C12H13F3N2O. The third-order valence-corrected chi connectivity index (χ3v) is 2.77. The molecule has 0 atom stereocenters. The van der Waals surface area contributed by atoms with E-state index in [0.29, 0.717) is 11.8 Å². The van der Waals surface area contributed by atoms with Gasteiger partial charge in [-0.1, -0.05) is 0 Å². The van der Waals surface area contributed by atoms with Crippen LogP contribution in [0.4, 0.5) is 13.2 Å². The zero-order chi connectivity index (χ0) is 13.8. The number of halogens is 3. The molecule has 18 heavy (non-hydrogen) atoms. The van der Waals surface area contributed by atoms with Gasteiger partial charge in [0.25, 0.3) is 5.78 Å². The number of nitrogens with zero attached hydrogens (tertiary/aromatic N) is 2. The summed E-state index contributed by atoms with van der Waals surface area (Å²) in [6, 6.07) is 1.82. The maximum Gasteiger partial charge on any atom is 0.454 e. The van der Waals surface area contributed by atoms with Gasteiger partial charge in [0.1, 0.15) is 6.07 Å². The van der Waals surface area contributed by atoms with Gasteiger partial charge in [-0.25, -0.2) is 0 Å². The van der Waals surface area contributed by atoms with E-state index in [-0.39, 0.29) is 5.57 Å². The zero-order valence-electron chi connectivity index (χ0n) is 9.92. The Balaban J connectivity index is 2.85. The van der Waals surface area contributed by atoms with Crippen molar-refractivity contribution in [3.8, 4) is 6.07 Å². The Labute approximate surface area is 103 Å². The fraction of sp³-hybridized carbons (Fsp3) is 0.500. The molecule has 98 valence electrons. The fourth-order valence-electron chi connectivity index (χ4n) is 1.72. The molecule has 0 radical (unpaired) electrons. The Morgan fingerprint density at radius 3 is 2.28 bits per heavy atom. The van der Waals surface area contributed by atoms with Gasteiger partial charge in [0.05, 0.1) is 5.57 Å².